The molecule has 1 aliphatic carbocycles. The number of alkyl halides is 1. The summed E-state index contributed by atoms with van der Waals surface area (Å²) in [5.74, 6) is -1.99. The first-order chi connectivity index (χ1) is 15.3. The van der Waals surface area contributed by atoms with Crippen molar-refractivity contribution in [1.29, 1.82) is 0 Å². The first-order valence-electron chi connectivity index (χ1n) is 9.90. The van der Waals surface area contributed by atoms with Gasteiger partial charge >= 0.3 is 0 Å². The molecular formula is C22H20F3N5O2. The highest BCUT2D eigenvalue weighted by molar-refractivity contribution is 5.97. The third-order valence-corrected chi connectivity index (χ3v) is 5.59. The molecule has 3 aromatic rings. The summed E-state index contributed by atoms with van der Waals surface area (Å²) in [5, 5.41) is 23.2. The molecule has 1 saturated carbocycles. The summed E-state index contributed by atoms with van der Waals surface area (Å²) in [6.07, 6.45) is 0.721. The fraction of sp³-hybridized carbons (Fsp3) is 0.273. The number of hydrogen-bond acceptors (Lipinski definition) is 6. The van der Waals surface area contributed by atoms with Crippen LogP contribution in [0.2, 0.25) is 0 Å². The van der Waals surface area contributed by atoms with Gasteiger partial charge in [0, 0.05) is 36.8 Å². The Morgan fingerprint density at radius 1 is 1.19 bits per heavy atom. The van der Waals surface area contributed by atoms with Crippen molar-refractivity contribution in [2.45, 2.75) is 24.4 Å². The summed E-state index contributed by atoms with van der Waals surface area (Å²) in [7, 11) is 1.39. The number of halogens is 3. The predicted molar refractivity (Wildman–Crippen MR) is 111 cm³/mol. The van der Waals surface area contributed by atoms with E-state index < -0.39 is 34.9 Å². The minimum absolute atomic E-state index is 0.00765. The first kappa shape index (κ1) is 21.5. The van der Waals surface area contributed by atoms with Gasteiger partial charge in [0.2, 0.25) is 0 Å². The van der Waals surface area contributed by atoms with Crippen molar-refractivity contribution >= 4 is 11.7 Å². The van der Waals surface area contributed by atoms with Crippen molar-refractivity contribution in [3.63, 3.8) is 0 Å². The van der Waals surface area contributed by atoms with Gasteiger partial charge in [-0.05, 0) is 43.2 Å². The van der Waals surface area contributed by atoms with Crippen LogP contribution in [0.15, 0.2) is 42.6 Å². The summed E-state index contributed by atoms with van der Waals surface area (Å²) in [6.45, 7) is 0.198. The van der Waals surface area contributed by atoms with Crippen LogP contribution in [-0.2, 0) is 5.41 Å². The number of carbonyl (C=O) groups excluding carboxylic acids is 1. The van der Waals surface area contributed by atoms with E-state index in [2.05, 4.69) is 25.8 Å². The quantitative estimate of drug-likeness (QED) is 0.540. The molecule has 0 saturated heterocycles. The van der Waals surface area contributed by atoms with Gasteiger partial charge in [-0.3, -0.25) is 9.78 Å². The molecule has 32 heavy (non-hydrogen) atoms. The van der Waals surface area contributed by atoms with Crippen molar-refractivity contribution in [1.82, 2.24) is 20.5 Å². The number of nitrogens with zero attached hydrogens (tertiary/aromatic N) is 3. The molecule has 1 fully saturated rings. The molecule has 3 N–H and O–H groups in total. The SMILES string of the molecule is CNC(=O)c1cc(-c2ccc(NC[C@]3(c4ncccc4F)C[C@H](F)C3)nn2)c(F)cc1O. The van der Waals surface area contributed by atoms with Gasteiger partial charge in [0.1, 0.15) is 29.4 Å². The third kappa shape index (κ3) is 3.95. The highest BCUT2D eigenvalue weighted by atomic mass is 19.1. The summed E-state index contributed by atoms with van der Waals surface area (Å²) in [6, 6.07) is 7.84. The van der Waals surface area contributed by atoms with E-state index in [0.29, 0.717) is 5.82 Å². The van der Waals surface area contributed by atoms with Crippen LogP contribution in [0.1, 0.15) is 28.9 Å². The maximum Gasteiger partial charge on any atom is 0.254 e. The maximum absolute atomic E-state index is 14.4. The van der Waals surface area contributed by atoms with E-state index in [0.717, 1.165) is 6.07 Å². The van der Waals surface area contributed by atoms with Gasteiger partial charge in [-0.15, -0.1) is 10.2 Å². The number of pyridine rings is 1. The monoisotopic (exact) mass is 443 g/mol. The van der Waals surface area contributed by atoms with Crippen molar-refractivity contribution in [3.8, 4) is 17.0 Å². The van der Waals surface area contributed by atoms with Crippen molar-refractivity contribution in [2.75, 3.05) is 18.9 Å². The number of aromatic nitrogens is 3. The lowest BCUT2D eigenvalue weighted by Crippen LogP contribution is -2.49. The zero-order valence-corrected chi connectivity index (χ0v) is 17.1. The summed E-state index contributed by atoms with van der Waals surface area (Å²) in [5.41, 5.74) is -0.545. The predicted octanol–water partition coefficient (Wildman–Crippen LogP) is 3.36. The van der Waals surface area contributed by atoms with Gasteiger partial charge < -0.3 is 15.7 Å². The number of phenols is 1. The van der Waals surface area contributed by atoms with E-state index in [-0.39, 0.29) is 41.9 Å². The Hall–Kier alpha value is -3.69. The van der Waals surface area contributed by atoms with E-state index >= 15 is 0 Å². The molecule has 0 bridgehead atoms. The van der Waals surface area contributed by atoms with Gasteiger partial charge in [-0.25, -0.2) is 13.2 Å². The Labute approximate surface area is 181 Å². The molecule has 0 radical (unpaired) electrons. The standard InChI is InChI=1S/C22H20F3N5O2/c1-26-21(32)14-7-13(16(25)8-18(14)31)17-4-5-19(30-29-17)28-11-22(9-12(23)10-22)20-15(24)3-2-6-27-20/h2-8,12,31H,9-11H2,1H3,(H,26,32)(H,28,30)/t12-,22-. The molecular weight excluding hydrogens is 423 g/mol. The average Bonchev–Trinajstić information content (AvgIpc) is 2.76. The van der Waals surface area contributed by atoms with E-state index in [4.69, 9.17) is 0 Å². The molecule has 1 aromatic carbocycles. The minimum atomic E-state index is -1.03. The van der Waals surface area contributed by atoms with Crippen molar-refractivity contribution in [2.24, 2.45) is 0 Å². The smallest absolute Gasteiger partial charge is 0.254 e. The third-order valence-electron chi connectivity index (χ3n) is 5.59. The molecule has 7 nitrogen and oxygen atoms in total. The highest BCUT2D eigenvalue weighted by Gasteiger charge is 2.48. The Kier molecular flexibility index (Phi) is 5.68. The lowest BCUT2D eigenvalue weighted by molar-refractivity contribution is 0.0957. The van der Waals surface area contributed by atoms with Gasteiger partial charge in [-0.2, -0.15) is 0 Å². The Balaban J connectivity index is 1.54. The lowest BCUT2D eigenvalue weighted by atomic mass is 9.65. The number of phenolic OH excluding ortho intramolecular Hbond substituents is 1. The Morgan fingerprint density at radius 2 is 1.97 bits per heavy atom. The second kappa shape index (κ2) is 8.45. The number of nitrogens with one attached hydrogen (secondary N) is 2. The van der Waals surface area contributed by atoms with Gasteiger partial charge in [0.15, 0.2) is 0 Å². The van der Waals surface area contributed by atoms with Crippen LogP contribution in [0, 0.1) is 11.6 Å². The molecule has 10 heteroatoms. The van der Waals surface area contributed by atoms with Crippen molar-refractivity contribution in [3.05, 3.63) is 65.5 Å². The Morgan fingerprint density at radius 3 is 2.59 bits per heavy atom. The van der Waals surface area contributed by atoms with Crippen LogP contribution in [0.3, 0.4) is 0 Å². The van der Waals surface area contributed by atoms with Crippen LogP contribution in [0.4, 0.5) is 19.0 Å². The lowest BCUT2D eigenvalue weighted by Gasteiger charge is -2.44. The van der Waals surface area contributed by atoms with E-state index in [9.17, 15) is 23.1 Å². The van der Waals surface area contributed by atoms with Crippen molar-refractivity contribution < 1.29 is 23.1 Å². The number of hydrogen-bond donors (Lipinski definition) is 3. The second-order valence-corrected chi connectivity index (χ2v) is 7.71. The fourth-order valence-corrected chi connectivity index (χ4v) is 3.89. The van der Waals surface area contributed by atoms with Crippen LogP contribution in [0.25, 0.3) is 11.3 Å². The molecule has 4 rings (SSSR count). The summed E-state index contributed by atoms with van der Waals surface area (Å²) in [4.78, 5) is 16.0. The van der Waals surface area contributed by atoms with Crippen LogP contribution in [0.5, 0.6) is 5.75 Å². The molecule has 1 amide bonds. The molecule has 166 valence electrons. The fourth-order valence-electron chi connectivity index (χ4n) is 3.89. The number of benzene rings is 1. The van der Waals surface area contributed by atoms with Gasteiger partial charge in [0.25, 0.3) is 5.91 Å². The maximum atomic E-state index is 14.4. The number of amides is 1. The average molecular weight is 443 g/mol. The van der Waals surface area contributed by atoms with Gasteiger partial charge in [0.05, 0.1) is 17.0 Å². The normalized spacial score (nSPS) is 19.8. The first-order valence-corrected chi connectivity index (χ1v) is 9.90. The zero-order valence-electron chi connectivity index (χ0n) is 17.1. The van der Waals surface area contributed by atoms with Crippen LogP contribution in [-0.4, -0.2) is 46.0 Å². The number of rotatable bonds is 6. The number of anilines is 1. The van der Waals surface area contributed by atoms with E-state index in [1.165, 1.54) is 37.5 Å². The van der Waals surface area contributed by atoms with Crippen LogP contribution < -0.4 is 10.6 Å². The van der Waals surface area contributed by atoms with Gasteiger partial charge in [-0.1, -0.05) is 0 Å². The molecule has 2 aromatic heterocycles. The molecule has 0 unspecified atom stereocenters. The molecule has 0 atom stereocenters. The minimum Gasteiger partial charge on any atom is -0.507 e. The van der Waals surface area contributed by atoms with Crippen LogP contribution >= 0.6 is 0 Å². The highest BCUT2D eigenvalue weighted by Crippen LogP contribution is 2.45. The van der Waals surface area contributed by atoms with E-state index in [1.54, 1.807) is 6.07 Å². The summed E-state index contributed by atoms with van der Waals surface area (Å²) < 4.78 is 42.3. The summed E-state index contributed by atoms with van der Waals surface area (Å²) >= 11 is 0. The number of aromatic hydroxyl groups is 1. The molecule has 0 spiro atoms. The largest absolute Gasteiger partial charge is 0.507 e. The molecule has 0 aliphatic heterocycles. The molecule has 1 aliphatic rings. The topological polar surface area (TPSA) is 100 Å². The number of carbonyl (C=O) groups is 1. The second-order valence-electron chi connectivity index (χ2n) is 7.71. The Bertz CT molecular complexity index is 1150. The van der Waals surface area contributed by atoms with E-state index in [1.807, 2.05) is 0 Å². The molecule has 2 heterocycles. The zero-order chi connectivity index (χ0) is 22.9.